The molecule has 1 aromatic carbocycles. The quantitative estimate of drug-likeness (QED) is 0.605. The molecule has 0 radical (unpaired) electrons. The molecular weight excluding hydrogens is 200 g/mol. The third-order valence-electron chi connectivity index (χ3n) is 1.52. The van der Waals surface area contributed by atoms with E-state index in [0.717, 1.165) is 0 Å². The summed E-state index contributed by atoms with van der Waals surface area (Å²) in [7, 11) is 0. The molecule has 0 aromatic heterocycles. The topological polar surface area (TPSA) is 29.5 Å². The van der Waals surface area contributed by atoms with E-state index in [1.54, 1.807) is 18.2 Å². The number of hydrogen-bond donors (Lipinski definition) is 1. The van der Waals surface area contributed by atoms with Crippen molar-refractivity contribution >= 4 is 0 Å². The van der Waals surface area contributed by atoms with E-state index in [9.17, 15) is 0 Å². The number of aliphatic hydroxyl groups is 1. The Morgan fingerprint density at radius 3 is 2.25 bits per heavy atom. The summed E-state index contributed by atoms with van der Waals surface area (Å²) in [4.78, 5) is 0. The highest BCUT2D eigenvalue weighted by atomic mass is 16.5. The largest absolute Gasteiger partial charge is 0.505 e. The predicted molar refractivity (Wildman–Crippen MR) is 68.5 cm³/mol. The molecular formula is C14H18O2. The van der Waals surface area contributed by atoms with Crippen LogP contribution in [0.5, 0.6) is 5.75 Å². The first kappa shape index (κ1) is 14.0. The first-order valence-electron chi connectivity index (χ1n) is 5.18. The zero-order valence-electron chi connectivity index (χ0n) is 9.81. The molecule has 2 nitrogen and oxygen atoms in total. The van der Waals surface area contributed by atoms with Crippen molar-refractivity contribution in [3.63, 3.8) is 0 Å². The number of para-hydroxylation sites is 1. The second-order valence-electron chi connectivity index (χ2n) is 2.63. The monoisotopic (exact) mass is 218 g/mol. The molecule has 0 unspecified atom stereocenters. The van der Waals surface area contributed by atoms with Crippen LogP contribution in [0.4, 0.5) is 0 Å². The molecule has 0 amide bonds. The molecule has 0 fully saturated rings. The second kappa shape index (κ2) is 8.36. The van der Waals surface area contributed by atoms with E-state index in [1.807, 2.05) is 32.0 Å². The molecule has 1 rings (SSSR count). The molecule has 0 aliphatic heterocycles. The fourth-order valence-electron chi connectivity index (χ4n) is 0.912. The minimum atomic E-state index is -0.117. The van der Waals surface area contributed by atoms with Crippen molar-refractivity contribution < 1.29 is 9.84 Å². The molecule has 86 valence electrons. The summed E-state index contributed by atoms with van der Waals surface area (Å²) in [5, 5.41) is 9.17. The number of benzene rings is 1. The Balaban J connectivity index is 0.00000106. The minimum Gasteiger partial charge on any atom is -0.505 e. The summed E-state index contributed by atoms with van der Waals surface area (Å²) < 4.78 is 5.36. The lowest BCUT2D eigenvalue weighted by Crippen LogP contribution is -1.97. The molecule has 0 spiro atoms. The fraction of sp³-hybridized carbons (Fsp3) is 0.143. The molecule has 0 heterocycles. The second-order valence-corrected chi connectivity index (χ2v) is 2.63. The van der Waals surface area contributed by atoms with Crippen LogP contribution in [0.3, 0.4) is 0 Å². The normalized spacial score (nSPS) is 9.75. The highest BCUT2D eigenvalue weighted by molar-refractivity contribution is 5.29. The van der Waals surface area contributed by atoms with Gasteiger partial charge in [0.05, 0.1) is 0 Å². The van der Waals surface area contributed by atoms with E-state index >= 15 is 0 Å². The van der Waals surface area contributed by atoms with Crippen molar-refractivity contribution in [1.29, 1.82) is 0 Å². The van der Waals surface area contributed by atoms with E-state index in [2.05, 4.69) is 13.2 Å². The molecule has 0 bridgehead atoms. The fourth-order valence-corrected chi connectivity index (χ4v) is 0.912. The Morgan fingerprint density at radius 2 is 1.81 bits per heavy atom. The van der Waals surface area contributed by atoms with E-state index in [1.165, 1.54) is 6.08 Å². The number of ether oxygens (including phenoxy) is 1. The lowest BCUT2D eigenvalue weighted by atomic mass is 10.3. The number of allylic oxidation sites excluding steroid dienone is 2. The van der Waals surface area contributed by atoms with Gasteiger partial charge in [-0.25, -0.2) is 0 Å². The van der Waals surface area contributed by atoms with Gasteiger partial charge < -0.3 is 9.84 Å². The molecule has 2 heteroatoms. The summed E-state index contributed by atoms with van der Waals surface area (Å²) >= 11 is 0. The Labute approximate surface area is 97.2 Å². The molecule has 16 heavy (non-hydrogen) atoms. The van der Waals surface area contributed by atoms with Gasteiger partial charge in [0.25, 0.3) is 0 Å². The standard InChI is InChI=1S/C12H12O2.C2H6/c1-3-7-12(10(2)13)14-11-8-5-4-6-9-11;1-2/h3-9,13H,1-2H2;1-2H3/b12-7+;. The molecule has 1 aromatic rings. The van der Waals surface area contributed by atoms with Gasteiger partial charge in [-0.2, -0.15) is 0 Å². The van der Waals surface area contributed by atoms with Crippen molar-refractivity contribution in [2.24, 2.45) is 0 Å². The van der Waals surface area contributed by atoms with Gasteiger partial charge in [-0.15, -0.1) is 0 Å². The molecule has 1 N–H and O–H groups in total. The molecule has 0 atom stereocenters. The van der Waals surface area contributed by atoms with Crippen LogP contribution < -0.4 is 4.74 Å². The summed E-state index contributed by atoms with van der Waals surface area (Å²) in [6.07, 6.45) is 3.08. The molecule has 0 aliphatic rings. The van der Waals surface area contributed by atoms with Gasteiger partial charge in [-0.3, -0.25) is 0 Å². The SMILES string of the molecule is C=C/C=C(/Oc1ccccc1)C(=C)O.CC. The van der Waals surface area contributed by atoms with Crippen molar-refractivity contribution in [2.75, 3.05) is 0 Å². The Kier molecular flexibility index (Phi) is 7.33. The zero-order valence-corrected chi connectivity index (χ0v) is 9.81. The Morgan fingerprint density at radius 1 is 1.25 bits per heavy atom. The van der Waals surface area contributed by atoms with Crippen LogP contribution in [0, 0.1) is 0 Å². The first-order chi connectivity index (χ1) is 7.74. The minimum absolute atomic E-state index is 0.117. The molecule has 0 saturated heterocycles. The summed E-state index contributed by atoms with van der Waals surface area (Å²) in [5.41, 5.74) is 0. The van der Waals surface area contributed by atoms with Crippen molar-refractivity contribution in [3.05, 3.63) is 67.2 Å². The van der Waals surface area contributed by atoms with Crippen LogP contribution >= 0.6 is 0 Å². The average Bonchev–Trinajstić information content (AvgIpc) is 2.32. The van der Waals surface area contributed by atoms with Gasteiger partial charge in [0, 0.05) is 0 Å². The lowest BCUT2D eigenvalue weighted by molar-refractivity contribution is 0.339. The van der Waals surface area contributed by atoms with Crippen LogP contribution in [0.25, 0.3) is 0 Å². The summed E-state index contributed by atoms with van der Waals surface area (Å²) in [6, 6.07) is 9.17. The maximum atomic E-state index is 9.17. The van der Waals surface area contributed by atoms with Crippen LogP contribution in [-0.2, 0) is 0 Å². The van der Waals surface area contributed by atoms with Crippen LogP contribution in [0.15, 0.2) is 67.2 Å². The van der Waals surface area contributed by atoms with Crippen molar-refractivity contribution in [2.45, 2.75) is 13.8 Å². The van der Waals surface area contributed by atoms with Gasteiger partial charge in [0.15, 0.2) is 11.5 Å². The van der Waals surface area contributed by atoms with Crippen molar-refractivity contribution in [3.8, 4) is 5.75 Å². The van der Waals surface area contributed by atoms with Crippen LogP contribution in [0.1, 0.15) is 13.8 Å². The van der Waals surface area contributed by atoms with Gasteiger partial charge in [0.1, 0.15) is 5.75 Å². The van der Waals surface area contributed by atoms with E-state index in [0.29, 0.717) is 11.5 Å². The number of rotatable bonds is 4. The van der Waals surface area contributed by atoms with Crippen molar-refractivity contribution in [1.82, 2.24) is 0 Å². The van der Waals surface area contributed by atoms with Gasteiger partial charge in [-0.05, 0) is 18.2 Å². The number of aliphatic hydroxyl groups excluding tert-OH is 1. The smallest absolute Gasteiger partial charge is 0.168 e. The van der Waals surface area contributed by atoms with Gasteiger partial charge >= 0.3 is 0 Å². The van der Waals surface area contributed by atoms with E-state index in [4.69, 9.17) is 9.84 Å². The maximum absolute atomic E-state index is 9.17. The molecule has 0 aliphatic carbocycles. The summed E-state index contributed by atoms with van der Waals surface area (Å²) in [6.45, 7) is 10.9. The third-order valence-corrected chi connectivity index (χ3v) is 1.52. The Hall–Kier alpha value is -1.96. The van der Waals surface area contributed by atoms with E-state index in [-0.39, 0.29) is 5.76 Å². The van der Waals surface area contributed by atoms with Crippen LogP contribution in [0.2, 0.25) is 0 Å². The Bertz CT molecular complexity index is 350. The first-order valence-corrected chi connectivity index (χ1v) is 5.18. The molecule has 0 saturated carbocycles. The van der Waals surface area contributed by atoms with Gasteiger partial charge in [-0.1, -0.05) is 51.3 Å². The maximum Gasteiger partial charge on any atom is 0.168 e. The average molecular weight is 218 g/mol. The third kappa shape index (κ3) is 5.05. The van der Waals surface area contributed by atoms with Gasteiger partial charge in [0.2, 0.25) is 0 Å². The summed E-state index contributed by atoms with van der Waals surface area (Å²) in [5.74, 6) is 0.829. The lowest BCUT2D eigenvalue weighted by Gasteiger charge is -2.07. The van der Waals surface area contributed by atoms with Crippen LogP contribution in [-0.4, -0.2) is 5.11 Å². The van der Waals surface area contributed by atoms with E-state index < -0.39 is 0 Å². The predicted octanol–water partition coefficient (Wildman–Crippen LogP) is 4.23. The highest BCUT2D eigenvalue weighted by Crippen LogP contribution is 2.15. The number of hydrogen-bond acceptors (Lipinski definition) is 2. The zero-order chi connectivity index (χ0) is 12.4. The highest BCUT2D eigenvalue weighted by Gasteiger charge is 2.01.